The fraction of sp³-hybridized carbons (Fsp3) is 0.364. The van der Waals surface area contributed by atoms with Gasteiger partial charge in [-0.05, 0) is 89.6 Å². The number of carbonyl (C=O) groups is 1. The Bertz CT molecular complexity index is 1340. The molecule has 4 heteroatoms. The summed E-state index contributed by atoms with van der Waals surface area (Å²) in [5, 5.41) is 23.9. The first-order valence-corrected chi connectivity index (χ1v) is 13.0. The van der Waals surface area contributed by atoms with E-state index in [9.17, 15) is 9.90 Å². The van der Waals surface area contributed by atoms with Crippen LogP contribution < -0.4 is 5.32 Å². The summed E-state index contributed by atoms with van der Waals surface area (Å²) in [5.41, 5.74) is 7.91. The maximum absolute atomic E-state index is 11.1. The van der Waals surface area contributed by atoms with Crippen molar-refractivity contribution >= 4 is 11.7 Å². The number of aliphatic hydroxyl groups is 1. The van der Waals surface area contributed by atoms with Crippen LogP contribution >= 0.6 is 0 Å². The number of rotatable bonds is 6. The molecule has 0 radical (unpaired) electrons. The largest absolute Gasteiger partial charge is 0.478 e. The van der Waals surface area contributed by atoms with Crippen LogP contribution in [-0.4, -0.2) is 22.7 Å². The normalized spacial score (nSPS) is 16.2. The Hall–Kier alpha value is -3.55. The van der Waals surface area contributed by atoms with Crippen molar-refractivity contribution in [3.63, 3.8) is 0 Å². The maximum Gasteiger partial charge on any atom is 0.335 e. The molecule has 0 saturated heterocycles. The zero-order chi connectivity index (χ0) is 26.8. The quantitative estimate of drug-likeness (QED) is 0.330. The molecule has 3 aromatic rings. The highest BCUT2D eigenvalue weighted by Gasteiger charge is 2.39. The third-order valence-corrected chi connectivity index (χ3v) is 7.59. The van der Waals surface area contributed by atoms with Gasteiger partial charge in [-0.2, -0.15) is 0 Å². The predicted octanol–water partition coefficient (Wildman–Crippen LogP) is 6.78. The fourth-order valence-corrected chi connectivity index (χ4v) is 5.14. The van der Waals surface area contributed by atoms with E-state index >= 15 is 0 Å². The molecule has 0 aliphatic heterocycles. The molecular weight excluding hydrogens is 458 g/mol. The van der Waals surface area contributed by atoms with Crippen LogP contribution in [-0.2, 0) is 17.3 Å². The Morgan fingerprint density at radius 1 is 0.973 bits per heavy atom. The molecule has 1 unspecified atom stereocenters. The number of carboxylic acids is 1. The van der Waals surface area contributed by atoms with E-state index in [1.54, 1.807) is 12.1 Å². The molecule has 4 rings (SSSR count). The van der Waals surface area contributed by atoms with Crippen molar-refractivity contribution in [1.82, 2.24) is 0 Å². The van der Waals surface area contributed by atoms with E-state index in [0.29, 0.717) is 5.56 Å². The number of fused-ring (bicyclic) bond motifs is 1. The number of hydrogen-bond donors (Lipinski definition) is 3. The van der Waals surface area contributed by atoms with E-state index in [1.165, 1.54) is 34.4 Å². The average molecular weight is 496 g/mol. The molecule has 0 spiro atoms. The molecule has 1 aliphatic carbocycles. The van der Waals surface area contributed by atoms with E-state index in [0.717, 1.165) is 37.1 Å². The second-order valence-corrected chi connectivity index (χ2v) is 11.5. The third kappa shape index (κ3) is 6.06. The van der Waals surface area contributed by atoms with Gasteiger partial charge in [0.1, 0.15) is 6.10 Å². The van der Waals surface area contributed by atoms with Crippen molar-refractivity contribution in [3.8, 4) is 11.8 Å². The Balaban J connectivity index is 1.65. The number of anilines is 1. The van der Waals surface area contributed by atoms with Crippen molar-refractivity contribution in [3.05, 3.63) is 99.6 Å². The lowest BCUT2D eigenvalue weighted by Crippen LogP contribution is -2.35. The van der Waals surface area contributed by atoms with Gasteiger partial charge in [-0.1, -0.05) is 75.4 Å². The van der Waals surface area contributed by atoms with Gasteiger partial charge in [-0.3, -0.25) is 0 Å². The molecule has 0 amide bonds. The van der Waals surface area contributed by atoms with Crippen LogP contribution in [0.4, 0.5) is 5.69 Å². The van der Waals surface area contributed by atoms with E-state index in [4.69, 9.17) is 5.11 Å². The lowest BCUT2D eigenvalue weighted by Gasteiger charge is -2.43. The number of aliphatic hydroxyl groups excluding tert-OH is 1. The number of aromatic carboxylic acids is 1. The SMILES string of the molecule is Cc1ccc(CCNc2cc(C(O)C#Cc3ccc(C(=O)O)cc3)cc3c2C(C)(C)CCC3(C)C)cc1. The van der Waals surface area contributed by atoms with Gasteiger partial charge < -0.3 is 15.5 Å². The summed E-state index contributed by atoms with van der Waals surface area (Å²) in [6.45, 7) is 12.1. The molecule has 0 bridgehead atoms. The molecule has 3 N–H and O–H groups in total. The topological polar surface area (TPSA) is 69.6 Å². The number of hydrogen-bond acceptors (Lipinski definition) is 3. The number of nitrogens with one attached hydrogen (secondary N) is 1. The van der Waals surface area contributed by atoms with Crippen molar-refractivity contribution in [2.45, 2.75) is 70.8 Å². The second-order valence-electron chi connectivity index (χ2n) is 11.5. The number of carboxylic acid groups (broad SMARTS) is 1. The second kappa shape index (κ2) is 10.4. The molecule has 1 aliphatic rings. The van der Waals surface area contributed by atoms with E-state index in [1.807, 2.05) is 0 Å². The van der Waals surface area contributed by atoms with Crippen molar-refractivity contribution in [2.75, 3.05) is 11.9 Å². The highest BCUT2D eigenvalue weighted by molar-refractivity contribution is 5.87. The van der Waals surface area contributed by atoms with Crippen LogP contribution in [0.3, 0.4) is 0 Å². The smallest absolute Gasteiger partial charge is 0.335 e. The Kier molecular flexibility index (Phi) is 7.48. The summed E-state index contributed by atoms with van der Waals surface area (Å²) in [6, 6.07) is 19.2. The summed E-state index contributed by atoms with van der Waals surface area (Å²) in [7, 11) is 0. The van der Waals surface area contributed by atoms with Crippen molar-refractivity contribution in [1.29, 1.82) is 0 Å². The standard InChI is InChI=1S/C33H37NO3/c1-22-6-8-24(9-7-22)16-19-34-28-21-26(20-27-30(28)33(4,5)18-17-32(27,2)3)29(35)15-12-23-10-13-25(14-11-23)31(36)37/h6-11,13-14,20-21,29,34-35H,16-19H2,1-5H3,(H,36,37). The first-order chi connectivity index (χ1) is 17.5. The lowest BCUT2D eigenvalue weighted by molar-refractivity contribution is 0.0697. The molecule has 0 fully saturated rings. The lowest BCUT2D eigenvalue weighted by atomic mass is 9.62. The van der Waals surface area contributed by atoms with Crippen LogP contribution in [0.25, 0.3) is 0 Å². The molecule has 0 saturated carbocycles. The minimum atomic E-state index is -0.971. The molecule has 1 atom stereocenters. The van der Waals surface area contributed by atoms with Crippen LogP contribution in [0.5, 0.6) is 0 Å². The average Bonchev–Trinajstić information content (AvgIpc) is 2.86. The Morgan fingerprint density at radius 2 is 1.62 bits per heavy atom. The van der Waals surface area contributed by atoms with Crippen molar-refractivity contribution < 1.29 is 15.0 Å². The maximum atomic E-state index is 11.1. The third-order valence-electron chi connectivity index (χ3n) is 7.59. The molecular formula is C33H37NO3. The van der Waals surface area contributed by atoms with Crippen molar-refractivity contribution in [2.24, 2.45) is 0 Å². The van der Waals surface area contributed by atoms with Gasteiger partial charge in [-0.15, -0.1) is 0 Å². The molecule has 4 nitrogen and oxygen atoms in total. The van der Waals surface area contributed by atoms with E-state index in [2.05, 4.69) is 88.2 Å². The molecule has 3 aromatic carbocycles. The van der Waals surface area contributed by atoms with Gasteiger partial charge in [0, 0.05) is 17.8 Å². The van der Waals surface area contributed by atoms with Gasteiger partial charge in [0.05, 0.1) is 5.56 Å². The van der Waals surface area contributed by atoms with Crippen LogP contribution in [0.1, 0.15) is 90.4 Å². The minimum Gasteiger partial charge on any atom is -0.478 e. The zero-order valence-corrected chi connectivity index (χ0v) is 22.5. The summed E-state index contributed by atoms with van der Waals surface area (Å²) >= 11 is 0. The molecule has 37 heavy (non-hydrogen) atoms. The highest BCUT2D eigenvalue weighted by Crippen LogP contribution is 2.49. The molecule has 0 heterocycles. The summed E-state index contributed by atoms with van der Waals surface area (Å²) in [5.74, 6) is 4.99. The predicted molar refractivity (Wildman–Crippen MR) is 150 cm³/mol. The first kappa shape index (κ1) is 26.5. The number of aryl methyl sites for hydroxylation is 1. The monoisotopic (exact) mass is 495 g/mol. The Labute approximate surface area is 220 Å². The summed E-state index contributed by atoms with van der Waals surface area (Å²) < 4.78 is 0. The molecule has 0 aromatic heterocycles. The molecule has 192 valence electrons. The van der Waals surface area contributed by atoms with E-state index in [-0.39, 0.29) is 16.4 Å². The van der Waals surface area contributed by atoms with Gasteiger partial charge in [0.15, 0.2) is 0 Å². The van der Waals surface area contributed by atoms with Gasteiger partial charge in [0.2, 0.25) is 0 Å². The fourth-order valence-electron chi connectivity index (χ4n) is 5.14. The summed E-state index contributed by atoms with van der Waals surface area (Å²) in [6.07, 6.45) is 2.14. The van der Waals surface area contributed by atoms with Crippen LogP contribution in [0.15, 0.2) is 60.7 Å². The first-order valence-electron chi connectivity index (χ1n) is 13.0. The number of benzene rings is 3. The van der Waals surface area contributed by atoms with Crippen LogP contribution in [0, 0.1) is 18.8 Å². The summed E-state index contributed by atoms with van der Waals surface area (Å²) in [4.78, 5) is 11.1. The van der Waals surface area contributed by atoms with Gasteiger partial charge in [0.25, 0.3) is 0 Å². The highest BCUT2D eigenvalue weighted by atomic mass is 16.4. The van der Waals surface area contributed by atoms with E-state index < -0.39 is 12.1 Å². The van der Waals surface area contributed by atoms with Gasteiger partial charge in [-0.25, -0.2) is 4.79 Å². The van der Waals surface area contributed by atoms with Gasteiger partial charge >= 0.3 is 5.97 Å². The van der Waals surface area contributed by atoms with Crippen LogP contribution in [0.2, 0.25) is 0 Å². The zero-order valence-electron chi connectivity index (χ0n) is 22.5. The minimum absolute atomic E-state index is 0.00589. The Morgan fingerprint density at radius 3 is 2.27 bits per heavy atom.